The highest BCUT2D eigenvalue weighted by molar-refractivity contribution is 5.87. The molecule has 4 rings (SSSR count). The third-order valence-corrected chi connectivity index (χ3v) is 5.29. The van der Waals surface area contributed by atoms with E-state index in [1.54, 1.807) is 12.1 Å². The lowest BCUT2D eigenvalue weighted by Gasteiger charge is -2.44. The van der Waals surface area contributed by atoms with Crippen molar-refractivity contribution in [2.45, 2.75) is 56.3 Å². The van der Waals surface area contributed by atoms with Gasteiger partial charge in [-0.15, -0.1) is 0 Å². The van der Waals surface area contributed by atoms with Crippen molar-refractivity contribution in [2.24, 2.45) is 0 Å². The molecule has 2 atom stereocenters. The summed E-state index contributed by atoms with van der Waals surface area (Å²) in [5.41, 5.74) is -1.24. The minimum absolute atomic E-state index is 0.0625. The molecule has 0 amide bonds. The van der Waals surface area contributed by atoms with E-state index < -0.39 is 23.4 Å². The summed E-state index contributed by atoms with van der Waals surface area (Å²) in [4.78, 5) is 11.6. The van der Waals surface area contributed by atoms with Crippen molar-refractivity contribution < 1.29 is 24.5 Å². The summed E-state index contributed by atoms with van der Waals surface area (Å²) >= 11 is 0. The van der Waals surface area contributed by atoms with Gasteiger partial charge in [-0.2, -0.15) is 0 Å². The first-order valence-electron chi connectivity index (χ1n) is 8.37. The maximum atomic E-state index is 11.6. The van der Waals surface area contributed by atoms with Crippen molar-refractivity contribution in [1.82, 2.24) is 0 Å². The van der Waals surface area contributed by atoms with Crippen LogP contribution in [0.2, 0.25) is 0 Å². The third-order valence-electron chi connectivity index (χ3n) is 5.29. The van der Waals surface area contributed by atoms with Crippen LogP contribution >= 0.6 is 0 Å². The molecule has 1 spiro atoms. The van der Waals surface area contributed by atoms with Gasteiger partial charge in [0.2, 0.25) is 0 Å². The van der Waals surface area contributed by atoms with Gasteiger partial charge in [0.15, 0.2) is 5.58 Å². The molecule has 6 nitrogen and oxygen atoms in total. The Labute approximate surface area is 138 Å². The van der Waals surface area contributed by atoms with Gasteiger partial charge in [-0.05, 0) is 37.8 Å². The van der Waals surface area contributed by atoms with Crippen LogP contribution in [0.25, 0.3) is 11.0 Å². The van der Waals surface area contributed by atoms with Crippen LogP contribution in [0.3, 0.4) is 0 Å². The van der Waals surface area contributed by atoms with E-state index in [2.05, 4.69) is 0 Å². The standard InChI is InChI=1S/C18H20O6/c19-11-9-13(20)23-16-10(11)5-6-12-14(16)15(21)17(22)18(24-12)7-3-1-2-4-8-18/h5-6,9,15,17,19,21-22H,1-4,7-8H2/t15-,17-/m1/s1. The van der Waals surface area contributed by atoms with Crippen molar-refractivity contribution in [1.29, 1.82) is 0 Å². The summed E-state index contributed by atoms with van der Waals surface area (Å²) in [7, 11) is 0. The topological polar surface area (TPSA) is 100 Å². The Bertz CT molecular complexity index is 831. The van der Waals surface area contributed by atoms with E-state index in [1.807, 2.05) is 0 Å². The van der Waals surface area contributed by atoms with Crippen LogP contribution < -0.4 is 10.4 Å². The number of ether oxygens (including phenoxy) is 1. The fourth-order valence-corrected chi connectivity index (χ4v) is 4.03. The molecule has 2 heterocycles. The van der Waals surface area contributed by atoms with Crippen molar-refractivity contribution >= 4 is 11.0 Å². The van der Waals surface area contributed by atoms with Gasteiger partial charge in [0.25, 0.3) is 0 Å². The third kappa shape index (κ3) is 2.21. The highest BCUT2D eigenvalue weighted by atomic mass is 16.5. The highest BCUT2D eigenvalue weighted by Crippen LogP contribution is 2.48. The van der Waals surface area contributed by atoms with E-state index >= 15 is 0 Å². The lowest BCUT2D eigenvalue weighted by molar-refractivity contribution is -0.135. The van der Waals surface area contributed by atoms with E-state index in [0.717, 1.165) is 31.7 Å². The molecule has 1 aliphatic carbocycles. The first-order chi connectivity index (χ1) is 11.5. The molecule has 1 saturated carbocycles. The Kier molecular flexibility index (Phi) is 3.54. The van der Waals surface area contributed by atoms with E-state index in [0.29, 0.717) is 24.0 Å². The summed E-state index contributed by atoms with van der Waals surface area (Å²) in [5.74, 6) is 0.177. The summed E-state index contributed by atoms with van der Waals surface area (Å²) < 4.78 is 11.4. The maximum absolute atomic E-state index is 11.6. The molecule has 0 unspecified atom stereocenters. The number of fused-ring (bicyclic) bond motifs is 3. The SMILES string of the molecule is O=c1cc(O)c2ccc3c(c2o1)[C@@H](O)[C@@H](O)C1(CCCCCC1)O3. The second kappa shape index (κ2) is 5.50. The van der Waals surface area contributed by atoms with Crippen LogP contribution in [0.5, 0.6) is 11.5 Å². The number of aliphatic hydroxyl groups excluding tert-OH is 2. The number of rotatable bonds is 0. The van der Waals surface area contributed by atoms with Crippen molar-refractivity contribution in [3.05, 3.63) is 34.2 Å². The fourth-order valence-electron chi connectivity index (χ4n) is 4.03. The van der Waals surface area contributed by atoms with E-state index in [-0.39, 0.29) is 16.9 Å². The van der Waals surface area contributed by atoms with Crippen LogP contribution in [-0.2, 0) is 0 Å². The zero-order valence-electron chi connectivity index (χ0n) is 13.2. The molecule has 2 aliphatic rings. The van der Waals surface area contributed by atoms with Crippen LogP contribution in [0.15, 0.2) is 27.4 Å². The van der Waals surface area contributed by atoms with E-state index in [1.165, 1.54) is 0 Å². The number of hydrogen-bond acceptors (Lipinski definition) is 6. The molecule has 0 saturated heterocycles. The largest absolute Gasteiger partial charge is 0.507 e. The average molecular weight is 332 g/mol. The van der Waals surface area contributed by atoms with Crippen LogP contribution in [-0.4, -0.2) is 27.0 Å². The van der Waals surface area contributed by atoms with Gasteiger partial charge >= 0.3 is 5.63 Å². The molecule has 128 valence electrons. The van der Waals surface area contributed by atoms with Crippen LogP contribution in [0.1, 0.15) is 50.2 Å². The summed E-state index contributed by atoms with van der Waals surface area (Å²) in [5, 5.41) is 31.8. The Balaban J connectivity index is 1.90. The number of aromatic hydroxyl groups is 1. The molecule has 1 aromatic heterocycles. The van der Waals surface area contributed by atoms with Crippen LogP contribution in [0.4, 0.5) is 0 Å². The zero-order valence-corrected chi connectivity index (χ0v) is 13.2. The second-order valence-electron chi connectivity index (χ2n) is 6.78. The molecule has 1 aliphatic heterocycles. The van der Waals surface area contributed by atoms with Gasteiger partial charge in [0.05, 0.1) is 17.0 Å². The van der Waals surface area contributed by atoms with Gasteiger partial charge in [-0.3, -0.25) is 0 Å². The molecule has 3 N–H and O–H groups in total. The Hall–Kier alpha value is -2.05. The monoisotopic (exact) mass is 332 g/mol. The first-order valence-corrected chi connectivity index (χ1v) is 8.37. The van der Waals surface area contributed by atoms with Crippen LogP contribution in [0, 0.1) is 0 Å². The molecule has 2 aromatic rings. The van der Waals surface area contributed by atoms with Gasteiger partial charge in [-0.25, -0.2) is 4.79 Å². The van der Waals surface area contributed by atoms with E-state index in [4.69, 9.17) is 9.15 Å². The normalized spacial score (nSPS) is 25.9. The second-order valence-corrected chi connectivity index (χ2v) is 6.78. The quantitative estimate of drug-likeness (QED) is 0.641. The van der Waals surface area contributed by atoms with Gasteiger partial charge < -0.3 is 24.5 Å². The Morgan fingerprint density at radius 2 is 1.79 bits per heavy atom. The van der Waals surface area contributed by atoms with Gasteiger partial charge in [0.1, 0.15) is 29.3 Å². The lowest BCUT2D eigenvalue weighted by Crippen LogP contribution is -2.53. The molecule has 1 fully saturated rings. The summed E-state index contributed by atoms with van der Waals surface area (Å²) in [6.45, 7) is 0. The lowest BCUT2D eigenvalue weighted by atomic mass is 9.80. The summed E-state index contributed by atoms with van der Waals surface area (Å²) in [6, 6.07) is 4.23. The number of hydrogen-bond donors (Lipinski definition) is 3. The smallest absolute Gasteiger partial charge is 0.339 e. The molecule has 24 heavy (non-hydrogen) atoms. The predicted molar refractivity (Wildman–Crippen MR) is 86.2 cm³/mol. The van der Waals surface area contributed by atoms with Gasteiger partial charge in [-0.1, -0.05) is 12.8 Å². The number of benzene rings is 1. The molecular formula is C18H20O6. The first kappa shape index (κ1) is 15.5. The zero-order chi connectivity index (χ0) is 16.9. The predicted octanol–water partition coefficient (Wildman–Crippen LogP) is 2.38. The number of aliphatic hydroxyl groups is 2. The molecule has 6 heteroatoms. The highest BCUT2D eigenvalue weighted by Gasteiger charge is 2.49. The molecule has 1 aromatic carbocycles. The molecular weight excluding hydrogens is 312 g/mol. The molecule has 0 bridgehead atoms. The summed E-state index contributed by atoms with van der Waals surface area (Å²) in [6.07, 6.45) is 3.04. The minimum atomic E-state index is -1.24. The maximum Gasteiger partial charge on any atom is 0.339 e. The fraction of sp³-hybridized carbons (Fsp3) is 0.500. The average Bonchev–Trinajstić information content (AvgIpc) is 2.78. The minimum Gasteiger partial charge on any atom is -0.507 e. The Morgan fingerprint density at radius 3 is 2.50 bits per heavy atom. The van der Waals surface area contributed by atoms with Crippen molar-refractivity contribution in [3.8, 4) is 11.5 Å². The molecule has 0 radical (unpaired) electrons. The Morgan fingerprint density at radius 1 is 1.08 bits per heavy atom. The van der Waals surface area contributed by atoms with E-state index in [9.17, 15) is 20.1 Å². The van der Waals surface area contributed by atoms with Crippen molar-refractivity contribution in [3.63, 3.8) is 0 Å². The van der Waals surface area contributed by atoms with Crippen molar-refractivity contribution in [2.75, 3.05) is 0 Å². The van der Waals surface area contributed by atoms with Gasteiger partial charge in [0, 0.05) is 0 Å².